The molecule has 0 N–H and O–H groups in total. The summed E-state index contributed by atoms with van der Waals surface area (Å²) in [6.45, 7) is 0. The molecule has 4 heteroatoms. The molecule has 0 atom stereocenters. The molecule has 0 saturated heterocycles. The Kier molecular flexibility index (Phi) is 3.23. The van der Waals surface area contributed by atoms with Gasteiger partial charge in [-0.3, -0.25) is 0 Å². The van der Waals surface area contributed by atoms with Crippen LogP contribution in [0.1, 0.15) is 5.56 Å². The van der Waals surface area contributed by atoms with Gasteiger partial charge in [0, 0.05) is 11.8 Å². The molecule has 0 bridgehead atoms. The monoisotopic (exact) mass is 292 g/mol. The maximum atomic E-state index is 8.71. The second kappa shape index (κ2) is 4.65. The van der Waals surface area contributed by atoms with Crippen molar-refractivity contribution in [3.05, 3.63) is 51.7 Å². The van der Waals surface area contributed by atoms with Crippen molar-refractivity contribution in [3.63, 3.8) is 0 Å². The number of hydrogen-bond donors (Lipinski definition) is 0. The van der Waals surface area contributed by atoms with Gasteiger partial charge in [0.05, 0.1) is 16.1 Å². The molecule has 0 spiro atoms. The molecule has 0 aliphatic rings. The van der Waals surface area contributed by atoms with Gasteiger partial charge in [0.1, 0.15) is 5.15 Å². The lowest BCUT2D eigenvalue weighted by atomic mass is 10.1. The van der Waals surface area contributed by atoms with Crippen LogP contribution in [0.2, 0.25) is 5.15 Å². The Morgan fingerprint density at radius 3 is 2.50 bits per heavy atom. The molecule has 0 aliphatic carbocycles. The lowest BCUT2D eigenvalue weighted by Crippen LogP contribution is -1.84. The molecule has 2 aromatic rings. The molecule has 0 aliphatic heterocycles. The highest BCUT2D eigenvalue weighted by molar-refractivity contribution is 9.10. The van der Waals surface area contributed by atoms with Crippen LogP contribution in [0.5, 0.6) is 0 Å². The van der Waals surface area contributed by atoms with Crippen LogP contribution in [0.15, 0.2) is 41.0 Å². The van der Waals surface area contributed by atoms with Crippen molar-refractivity contribution < 1.29 is 0 Å². The van der Waals surface area contributed by atoms with E-state index < -0.39 is 0 Å². The topological polar surface area (TPSA) is 36.7 Å². The molecule has 0 saturated carbocycles. The average molecular weight is 294 g/mol. The first-order valence-electron chi connectivity index (χ1n) is 4.53. The summed E-state index contributed by atoms with van der Waals surface area (Å²) in [7, 11) is 0. The Balaban J connectivity index is 2.51. The first-order chi connectivity index (χ1) is 7.72. The van der Waals surface area contributed by atoms with Crippen LogP contribution in [0.3, 0.4) is 0 Å². The number of halogens is 2. The predicted octanol–water partition coefficient (Wildman–Crippen LogP) is 4.04. The summed E-state index contributed by atoms with van der Waals surface area (Å²) in [6.07, 6.45) is 1.65. The van der Waals surface area contributed by atoms with Crippen LogP contribution in [-0.2, 0) is 0 Å². The number of pyridine rings is 1. The molecular weight excluding hydrogens is 288 g/mol. The summed E-state index contributed by atoms with van der Waals surface area (Å²) in [4.78, 5) is 3.96. The Morgan fingerprint density at radius 2 is 1.88 bits per heavy atom. The molecule has 0 unspecified atom stereocenters. The van der Waals surface area contributed by atoms with Gasteiger partial charge < -0.3 is 0 Å². The predicted molar refractivity (Wildman–Crippen MR) is 67.1 cm³/mol. The van der Waals surface area contributed by atoms with E-state index in [9.17, 15) is 0 Å². The van der Waals surface area contributed by atoms with Crippen LogP contribution in [0.4, 0.5) is 0 Å². The van der Waals surface area contributed by atoms with Crippen molar-refractivity contribution in [2.75, 3.05) is 0 Å². The maximum Gasteiger partial charge on any atom is 0.143 e. The summed E-state index contributed by atoms with van der Waals surface area (Å²) in [5, 5.41) is 9.14. The van der Waals surface area contributed by atoms with Gasteiger partial charge in [-0.1, -0.05) is 23.7 Å². The second-order valence-electron chi connectivity index (χ2n) is 3.15. The summed E-state index contributed by atoms with van der Waals surface area (Å²) < 4.78 is 0.765. The van der Waals surface area contributed by atoms with Crippen LogP contribution < -0.4 is 0 Å². The zero-order valence-corrected chi connectivity index (χ0v) is 10.5. The van der Waals surface area contributed by atoms with Gasteiger partial charge in [-0.15, -0.1) is 0 Å². The summed E-state index contributed by atoms with van der Waals surface area (Å²) >= 11 is 9.30. The van der Waals surface area contributed by atoms with Crippen molar-refractivity contribution in [2.24, 2.45) is 0 Å². The number of nitriles is 1. The normalized spacial score (nSPS) is 9.81. The van der Waals surface area contributed by atoms with Crippen LogP contribution in [0.25, 0.3) is 11.1 Å². The average Bonchev–Trinajstić information content (AvgIpc) is 2.33. The minimum atomic E-state index is 0.432. The molecule has 2 rings (SSSR count). The molecule has 0 radical (unpaired) electrons. The van der Waals surface area contributed by atoms with E-state index in [2.05, 4.69) is 27.0 Å². The SMILES string of the molecule is N#Cc1ccc(-c2ccnc(Cl)c2Br)cc1. The second-order valence-corrected chi connectivity index (χ2v) is 4.30. The number of nitrogens with zero attached hydrogens (tertiary/aromatic N) is 2. The molecule has 1 heterocycles. The Labute approximate surface area is 107 Å². The number of aromatic nitrogens is 1. The van der Waals surface area contributed by atoms with E-state index in [1.165, 1.54) is 0 Å². The van der Waals surface area contributed by atoms with E-state index in [1.807, 2.05) is 18.2 Å². The van der Waals surface area contributed by atoms with E-state index in [0.717, 1.165) is 15.6 Å². The minimum Gasteiger partial charge on any atom is -0.243 e. The third-order valence-electron chi connectivity index (χ3n) is 2.17. The Morgan fingerprint density at radius 1 is 1.19 bits per heavy atom. The third kappa shape index (κ3) is 2.08. The van der Waals surface area contributed by atoms with Crippen molar-refractivity contribution in [1.82, 2.24) is 4.98 Å². The Bertz CT molecular complexity index is 558. The highest BCUT2D eigenvalue weighted by Gasteiger charge is 2.06. The zero-order valence-electron chi connectivity index (χ0n) is 8.11. The van der Waals surface area contributed by atoms with E-state index >= 15 is 0 Å². The lowest BCUT2D eigenvalue weighted by Gasteiger charge is -2.05. The molecule has 78 valence electrons. The fourth-order valence-corrected chi connectivity index (χ4v) is 1.99. The van der Waals surface area contributed by atoms with Crippen molar-refractivity contribution in [3.8, 4) is 17.2 Å². The first-order valence-corrected chi connectivity index (χ1v) is 5.70. The van der Waals surface area contributed by atoms with Gasteiger partial charge in [0.15, 0.2) is 0 Å². The van der Waals surface area contributed by atoms with E-state index in [0.29, 0.717) is 10.7 Å². The molecule has 16 heavy (non-hydrogen) atoms. The zero-order chi connectivity index (χ0) is 11.5. The van der Waals surface area contributed by atoms with Gasteiger partial charge in [0.2, 0.25) is 0 Å². The van der Waals surface area contributed by atoms with Crippen molar-refractivity contribution >= 4 is 27.5 Å². The van der Waals surface area contributed by atoms with Crippen molar-refractivity contribution in [1.29, 1.82) is 5.26 Å². The molecule has 1 aromatic heterocycles. The number of hydrogen-bond acceptors (Lipinski definition) is 2. The van der Waals surface area contributed by atoms with Gasteiger partial charge in [-0.2, -0.15) is 5.26 Å². The Hall–Kier alpha value is -1.37. The van der Waals surface area contributed by atoms with Gasteiger partial charge in [-0.25, -0.2) is 4.98 Å². The van der Waals surface area contributed by atoms with Crippen LogP contribution in [-0.4, -0.2) is 4.98 Å². The summed E-state index contributed by atoms with van der Waals surface area (Å²) in [6, 6.07) is 11.3. The molecule has 1 aromatic carbocycles. The molecular formula is C12H6BrClN2. The molecule has 2 nitrogen and oxygen atoms in total. The number of benzene rings is 1. The highest BCUT2D eigenvalue weighted by Crippen LogP contribution is 2.32. The van der Waals surface area contributed by atoms with Gasteiger partial charge in [0.25, 0.3) is 0 Å². The maximum absolute atomic E-state index is 8.71. The number of rotatable bonds is 1. The lowest BCUT2D eigenvalue weighted by molar-refractivity contribution is 1.31. The third-order valence-corrected chi connectivity index (χ3v) is 3.49. The first kappa shape index (κ1) is 11.1. The van der Waals surface area contributed by atoms with E-state index in [4.69, 9.17) is 16.9 Å². The van der Waals surface area contributed by atoms with Gasteiger partial charge >= 0.3 is 0 Å². The van der Waals surface area contributed by atoms with E-state index in [1.54, 1.807) is 18.3 Å². The van der Waals surface area contributed by atoms with Gasteiger partial charge in [-0.05, 0) is 39.7 Å². The molecule has 0 amide bonds. The standard InChI is InChI=1S/C12H6BrClN2/c13-11-10(5-6-16-12(11)14)9-3-1-8(7-15)2-4-9/h1-6H. The minimum absolute atomic E-state index is 0.432. The summed E-state index contributed by atoms with van der Waals surface area (Å²) in [5.41, 5.74) is 2.60. The fraction of sp³-hybridized carbons (Fsp3) is 0. The van der Waals surface area contributed by atoms with Crippen LogP contribution in [0, 0.1) is 11.3 Å². The highest BCUT2D eigenvalue weighted by atomic mass is 79.9. The quantitative estimate of drug-likeness (QED) is 0.744. The summed E-state index contributed by atoms with van der Waals surface area (Å²) in [5.74, 6) is 0. The smallest absolute Gasteiger partial charge is 0.143 e. The van der Waals surface area contributed by atoms with E-state index in [-0.39, 0.29) is 0 Å². The van der Waals surface area contributed by atoms with Crippen molar-refractivity contribution in [2.45, 2.75) is 0 Å². The fourth-order valence-electron chi connectivity index (χ4n) is 1.37. The van der Waals surface area contributed by atoms with Crippen LogP contribution >= 0.6 is 27.5 Å². The molecule has 0 fully saturated rings. The largest absolute Gasteiger partial charge is 0.243 e.